The number of carbonyl (C=O) groups excluding carboxylic acids is 2. The maximum Gasteiger partial charge on any atom is 0.341 e. The molecule has 1 aliphatic carbocycles. The molecule has 0 unspecified atom stereocenters. The summed E-state index contributed by atoms with van der Waals surface area (Å²) in [6, 6.07) is 5.02. The zero-order chi connectivity index (χ0) is 14.5. The van der Waals surface area contributed by atoms with E-state index in [1.165, 1.54) is 7.11 Å². The van der Waals surface area contributed by atoms with E-state index >= 15 is 0 Å². The van der Waals surface area contributed by atoms with Gasteiger partial charge in [-0.1, -0.05) is 0 Å². The van der Waals surface area contributed by atoms with E-state index in [9.17, 15) is 9.59 Å². The number of hydrogen-bond donors (Lipinski definition) is 2. The number of methoxy groups -OCH3 is 1. The number of esters is 1. The fraction of sp³-hybridized carbons (Fsp3) is 0.429. The molecule has 1 amide bonds. The number of anilines is 1. The first-order valence-electron chi connectivity index (χ1n) is 6.50. The van der Waals surface area contributed by atoms with Crippen molar-refractivity contribution < 1.29 is 19.1 Å². The predicted octanol–water partition coefficient (Wildman–Crippen LogP) is 1.10. The Bertz CT molecular complexity index is 512. The molecule has 0 atom stereocenters. The van der Waals surface area contributed by atoms with Crippen LogP contribution in [0.25, 0.3) is 0 Å². The Hall–Kier alpha value is -2.24. The second-order valence-corrected chi connectivity index (χ2v) is 4.69. The topological polar surface area (TPSA) is 90.7 Å². The molecule has 0 saturated heterocycles. The van der Waals surface area contributed by atoms with Crippen LogP contribution in [0, 0.1) is 0 Å². The summed E-state index contributed by atoms with van der Waals surface area (Å²) >= 11 is 0. The van der Waals surface area contributed by atoms with Gasteiger partial charge < -0.3 is 20.5 Å². The van der Waals surface area contributed by atoms with E-state index in [1.54, 1.807) is 18.2 Å². The highest BCUT2D eigenvalue weighted by atomic mass is 16.5. The minimum atomic E-state index is -0.498. The Labute approximate surface area is 117 Å². The first-order chi connectivity index (χ1) is 9.60. The smallest absolute Gasteiger partial charge is 0.341 e. The molecule has 0 radical (unpaired) electrons. The van der Waals surface area contributed by atoms with Crippen LogP contribution >= 0.6 is 0 Å². The van der Waals surface area contributed by atoms with Gasteiger partial charge in [0.1, 0.15) is 11.3 Å². The molecular weight excluding hydrogens is 260 g/mol. The van der Waals surface area contributed by atoms with Gasteiger partial charge in [-0.25, -0.2) is 4.79 Å². The fourth-order valence-corrected chi connectivity index (χ4v) is 1.72. The van der Waals surface area contributed by atoms with Gasteiger partial charge in [-0.3, -0.25) is 4.79 Å². The number of carbonyl (C=O) groups is 2. The molecule has 3 N–H and O–H groups in total. The standard InChI is InChI=1S/C14H18N2O4/c1-19-14(18)11-5-2-9(15)8-12(11)20-7-6-13(17)16-10-3-4-10/h2,5,8,10H,3-4,6-7,15H2,1H3,(H,16,17). The van der Waals surface area contributed by atoms with Crippen molar-refractivity contribution in [3.63, 3.8) is 0 Å². The van der Waals surface area contributed by atoms with E-state index in [4.69, 9.17) is 10.5 Å². The number of nitrogen functional groups attached to an aromatic ring is 1. The number of hydrogen-bond acceptors (Lipinski definition) is 5. The zero-order valence-corrected chi connectivity index (χ0v) is 11.3. The second kappa shape index (κ2) is 6.27. The Balaban J connectivity index is 1.91. The van der Waals surface area contributed by atoms with Crippen molar-refractivity contribution in [2.75, 3.05) is 19.5 Å². The van der Waals surface area contributed by atoms with Crippen molar-refractivity contribution in [3.8, 4) is 5.75 Å². The fourth-order valence-electron chi connectivity index (χ4n) is 1.72. The minimum Gasteiger partial charge on any atom is -0.492 e. The Morgan fingerprint density at radius 1 is 1.40 bits per heavy atom. The number of rotatable bonds is 6. The molecule has 6 nitrogen and oxygen atoms in total. The van der Waals surface area contributed by atoms with Gasteiger partial charge in [0, 0.05) is 17.8 Å². The molecule has 0 aromatic heterocycles. The zero-order valence-electron chi connectivity index (χ0n) is 11.3. The lowest BCUT2D eigenvalue weighted by Crippen LogP contribution is -2.26. The van der Waals surface area contributed by atoms with Crippen molar-refractivity contribution in [3.05, 3.63) is 23.8 Å². The highest BCUT2D eigenvalue weighted by Crippen LogP contribution is 2.23. The third-order valence-corrected chi connectivity index (χ3v) is 2.94. The summed E-state index contributed by atoms with van der Waals surface area (Å²) in [5.41, 5.74) is 6.44. The van der Waals surface area contributed by atoms with Crippen LogP contribution in [-0.2, 0) is 9.53 Å². The molecule has 2 rings (SSSR count). The van der Waals surface area contributed by atoms with E-state index in [1.807, 2.05) is 0 Å². The van der Waals surface area contributed by atoms with Gasteiger partial charge in [0.25, 0.3) is 0 Å². The summed E-state index contributed by atoms with van der Waals surface area (Å²) in [5, 5.41) is 2.86. The van der Waals surface area contributed by atoms with Crippen LogP contribution in [0.2, 0.25) is 0 Å². The van der Waals surface area contributed by atoms with Crippen LogP contribution in [-0.4, -0.2) is 31.6 Å². The molecule has 1 aromatic carbocycles. The molecular formula is C14H18N2O4. The van der Waals surface area contributed by atoms with Gasteiger partial charge >= 0.3 is 5.97 Å². The van der Waals surface area contributed by atoms with Crippen LogP contribution in [0.15, 0.2) is 18.2 Å². The van der Waals surface area contributed by atoms with E-state index in [-0.39, 0.29) is 18.9 Å². The van der Waals surface area contributed by atoms with Crippen molar-refractivity contribution in [2.45, 2.75) is 25.3 Å². The molecule has 1 fully saturated rings. The van der Waals surface area contributed by atoms with Gasteiger partial charge in [0.05, 0.1) is 20.1 Å². The molecule has 0 bridgehead atoms. The van der Waals surface area contributed by atoms with Gasteiger partial charge in [0.2, 0.25) is 5.91 Å². The summed E-state index contributed by atoms with van der Waals surface area (Å²) in [6.45, 7) is 0.187. The van der Waals surface area contributed by atoms with Crippen LogP contribution in [0.4, 0.5) is 5.69 Å². The Morgan fingerprint density at radius 2 is 2.15 bits per heavy atom. The third-order valence-electron chi connectivity index (χ3n) is 2.94. The maximum absolute atomic E-state index is 11.6. The van der Waals surface area contributed by atoms with Crippen molar-refractivity contribution in [1.82, 2.24) is 5.32 Å². The highest BCUT2D eigenvalue weighted by Gasteiger charge is 2.23. The summed E-state index contributed by atoms with van der Waals surface area (Å²) in [4.78, 5) is 23.1. The summed E-state index contributed by atoms with van der Waals surface area (Å²) in [7, 11) is 1.30. The molecule has 1 saturated carbocycles. The first-order valence-corrected chi connectivity index (χ1v) is 6.50. The largest absolute Gasteiger partial charge is 0.492 e. The van der Waals surface area contributed by atoms with E-state index in [0.29, 0.717) is 23.0 Å². The summed E-state index contributed by atoms with van der Waals surface area (Å²) in [5.74, 6) is -0.213. The predicted molar refractivity (Wildman–Crippen MR) is 73.5 cm³/mol. The monoisotopic (exact) mass is 278 g/mol. The van der Waals surface area contributed by atoms with Crippen LogP contribution in [0.3, 0.4) is 0 Å². The average molecular weight is 278 g/mol. The normalized spacial score (nSPS) is 13.7. The lowest BCUT2D eigenvalue weighted by molar-refractivity contribution is -0.121. The lowest BCUT2D eigenvalue weighted by atomic mass is 10.2. The summed E-state index contributed by atoms with van der Waals surface area (Å²) < 4.78 is 10.1. The Morgan fingerprint density at radius 3 is 2.80 bits per heavy atom. The second-order valence-electron chi connectivity index (χ2n) is 4.69. The number of nitrogens with one attached hydrogen (secondary N) is 1. The first kappa shape index (κ1) is 14.2. The maximum atomic E-state index is 11.6. The highest BCUT2D eigenvalue weighted by molar-refractivity contribution is 5.93. The molecule has 6 heteroatoms. The third kappa shape index (κ3) is 3.88. The van der Waals surface area contributed by atoms with Gasteiger partial charge in [-0.15, -0.1) is 0 Å². The molecule has 0 aliphatic heterocycles. The number of nitrogens with two attached hydrogens (primary N) is 1. The minimum absolute atomic E-state index is 0.0454. The van der Waals surface area contributed by atoms with E-state index in [2.05, 4.69) is 10.1 Å². The van der Waals surface area contributed by atoms with Gasteiger partial charge in [-0.05, 0) is 25.0 Å². The molecule has 108 valence electrons. The van der Waals surface area contributed by atoms with E-state index in [0.717, 1.165) is 12.8 Å². The molecule has 1 aliphatic rings. The molecule has 20 heavy (non-hydrogen) atoms. The quantitative estimate of drug-likeness (QED) is 0.600. The Kier molecular flexibility index (Phi) is 4.45. The van der Waals surface area contributed by atoms with Gasteiger partial charge in [0.15, 0.2) is 0 Å². The van der Waals surface area contributed by atoms with E-state index < -0.39 is 5.97 Å². The van der Waals surface area contributed by atoms with Crippen molar-refractivity contribution >= 4 is 17.6 Å². The SMILES string of the molecule is COC(=O)c1ccc(N)cc1OCCC(=O)NC1CC1. The van der Waals surface area contributed by atoms with Crippen molar-refractivity contribution in [1.29, 1.82) is 0 Å². The van der Waals surface area contributed by atoms with Crippen molar-refractivity contribution in [2.24, 2.45) is 0 Å². The molecule has 0 spiro atoms. The van der Waals surface area contributed by atoms with Crippen LogP contribution in [0.1, 0.15) is 29.6 Å². The van der Waals surface area contributed by atoms with Crippen LogP contribution in [0.5, 0.6) is 5.75 Å². The number of amides is 1. The number of benzene rings is 1. The summed E-state index contributed by atoms with van der Waals surface area (Å²) in [6.07, 6.45) is 2.34. The van der Waals surface area contributed by atoms with Gasteiger partial charge in [-0.2, -0.15) is 0 Å². The molecule has 1 aromatic rings. The van der Waals surface area contributed by atoms with Crippen LogP contribution < -0.4 is 15.8 Å². The molecule has 0 heterocycles. The number of ether oxygens (including phenoxy) is 2. The average Bonchev–Trinajstić information content (AvgIpc) is 3.22. The lowest BCUT2D eigenvalue weighted by Gasteiger charge is -2.11.